The van der Waals surface area contributed by atoms with E-state index in [1.807, 2.05) is 0 Å². The van der Waals surface area contributed by atoms with E-state index in [9.17, 15) is 8.42 Å². The normalized spacial score (nSPS) is 11.6. The van der Waals surface area contributed by atoms with Crippen LogP contribution < -0.4 is 10.5 Å². The Bertz CT molecular complexity index is 559. The van der Waals surface area contributed by atoms with Crippen molar-refractivity contribution < 1.29 is 8.42 Å². The lowest BCUT2D eigenvalue weighted by atomic mass is 10.4. The molecule has 2 rings (SSSR count). The van der Waals surface area contributed by atoms with Gasteiger partial charge in [0.25, 0.3) is 10.0 Å². The van der Waals surface area contributed by atoms with E-state index < -0.39 is 10.0 Å². The van der Waals surface area contributed by atoms with Crippen LogP contribution in [0, 0.1) is 0 Å². The monoisotopic (exact) mass is 258 g/mol. The molecule has 4 N–H and O–H groups in total. The number of rotatable bonds is 4. The van der Waals surface area contributed by atoms with E-state index in [0.29, 0.717) is 12.2 Å². The van der Waals surface area contributed by atoms with Crippen molar-refractivity contribution in [2.45, 2.75) is 10.8 Å². The minimum absolute atomic E-state index is 0.245. The van der Waals surface area contributed by atoms with E-state index in [1.54, 1.807) is 11.4 Å². The fraction of sp³-hybridized carbons (Fsp3) is 0.125. The molecular formula is C8H10N4O2S2. The Morgan fingerprint density at radius 1 is 1.56 bits per heavy atom. The lowest BCUT2D eigenvalue weighted by molar-refractivity contribution is 0.603. The topological polar surface area (TPSA) is 101 Å². The number of hydrogen-bond donors (Lipinski definition) is 3. The number of H-pyrrole nitrogens is 1. The summed E-state index contributed by atoms with van der Waals surface area (Å²) in [7, 11) is -3.52. The molecule has 8 heteroatoms. The molecule has 0 amide bonds. The maximum absolute atomic E-state index is 11.8. The molecular weight excluding hydrogens is 248 g/mol. The van der Waals surface area contributed by atoms with Crippen LogP contribution in [0.3, 0.4) is 0 Å². The summed E-state index contributed by atoms with van der Waals surface area (Å²) in [6, 6.07) is 1.56. The van der Waals surface area contributed by atoms with Crippen molar-refractivity contribution in [1.29, 1.82) is 0 Å². The Morgan fingerprint density at radius 2 is 2.38 bits per heavy atom. The zero-order valence-electron chi connectivity index (χ0n) is 8.17. The summed E-state index contributed by atoms with van der Waals surface area (Å²) >= 11 is 1.14. The molecule has 0 spiro atoms. The van der Waals surface area contributed by atoms with Gasteiger partial charge in [-0.3, -0.25) is 9.82 Å². The lowest BCUT2D eigenvalue weighted by Crippen LogP contribution is -2.10. The quantitative estimate of drug-likeness (QED) is 0.752. The molecule has 86 valence electrons. The SMILES string of the molecule is NCc1csc(S(=O)(=O)Nc2cn[nH]c2)c1. The van der Waals surface area contributed by atoms with Gasteiger partial charge in [-0.25, -0.2) is 8.42 Å². The number of aromatic amines is 1. The Balaban J connectivity index is 2.25. The van der Waals surface area contributed by atoms with Crippen molar-refractivity contribution >= 4 is 27.0 Å². The zero-order chi connectivity index (χ0) is 11.6. The molecule has 0 aliphatic heterocycles. The van der Waals surface area contributed by atoms with Crippen LogP contribution in [0.1, 0.15) is 5.56 Å². The minimum atomic E-state index is -3.52. The highest BCUT2D eigenvalue weighted by Gasteiger charge is 2.16. The third-order valence-corrected chi connectivity index (χ3v) is 4.75. The van der Waals surface area contributed by atoms with Crippen molar-refractivity contribution in [3.05, 3.63) is 29.4 Å². The first kappa shape index (κ1) is 11.1. The van der Waals surface area contributed by atoms with Gasteiger partial charge in [-0.1, -0.05) is 0 Å². The van der Waals surface area contributed by atoms with Crippen LogP contribution in [0.5, 0.6) is 0 Å². The molecule has 0 radical (unpaired) electrons. The summed E-state index contributed by atoms with van der Waals surface area (Å²) in [5, 5.41) is 7.91. The van der Waals surface area contributed by atoms with E-state index in [2.05, 4.69) is 14.9 Å². The number of nitrogens with one attached hydrogen (secondary N) is 2. The molecule has 0 aromatic carbocycles. The van der Waals surface area contributed by atoms with Gasteiger partial charge in [0, 0.05) is 12.7 Å². The molecule has 2 aromatic heterocycles. The summed E-state index contributed by atoms with van der Waals surface area (Å²) in [6.07, 6.45) is 2.87. The molecule has 0 aliphatic carbocycles. The summed E-state index contributed by atoms with van der Waals surface area (Å²) < 4.78 is 26.3. The van der Waals surface area contributed by atoms with Crippen molar-refractivity contribution in [2.24, 2.45) is 5.73 Å². The predicted molar refractivity (Wildman–Crippen MR) is 61.6 cm³/mol. The van der Waals surface area contributed by atoms with Gasteiger partial charge >= 0.3 is 0 Å². The number of anilines is 1. The Labute approximate surface area is 96.5 Å². The van der Waals surface area contributed by atoms with Gasteiger partial charge in [-0.2, -0.15) is 5.10 Å². The summed E-state index contributed by atoms with van der Waals surface area (Å²) in [6.45, 7) is 0.331. The van der Waals surface area contributed by atoms with Crippen LogP contribution in [0.25, 0.3) is 0 Å². The van der Waals surface area contributed by atoms with Gasteiger partial charge in [0.05, 0.1) is 11.9 Å². The third kappa shape index (κ3) is 2.23. The summed E-state index contributed by atoms with van der Waals surface area (Å²) in [5.41, 5.74) is 6.63. The lowest BCUT2D eigenvalue weighted by Gasteiger charge is -2.01. The summed E-state index contributed by atoms with van der Waals surface area (Å²) in [5.74, 6) is 0. The van der Waals surface area contributed by atoms with Gasteiger partial charge in [0.1, 0.15) is 4.21 Å². The van der Waals surface area contributed by atoms with Gasteiger partial charge in [0.2, 0.25) is 0 Å². The van der Waals surface area contributed by atoms with Gasteiger partial charge in [-0.05, 0) is 17.0 Å². The molecule has 2 heterocycles. The second kappa shape index (κ2) is 4.24. The van der Waals surface area contributed by atoms with Crippen LogP contribution in [-0.2, 0) is 16.6 Å². The summed E-state index contributed by atoms with van der Waals surface area (Å²) in [4.78, 5) is 0. The molecule has 0 saturated carbocycles. The number of nitrogens with zero attached hydrogens (tertiary/aromatic N) is 1. The van der Waals surface area contributed by atoms with Gasteiger partial charge in [-0.15, -0.1) is 11.3 Å². The molecule has 2 aromatic rings. The molecule has 16 heavy (non-hydrogen) atoms. The van der Waals surface area contributed by atoms with Crippen molar-refractivity contribution in [3.63, 3.8) is 0 Å². The van der Waals surface area contributed by atoms with Crippen molar-refractivity contribution in [2.75, 3.05) is 4.72 Å². The second-order valence-electron chi connectivity index (χ2n) is 3.07. The fourth-order valence-electron chi connectivity index (χ4n) is 1.11. The van der Waals surface area contributed by atoms with Crippen molar-refractivity contribution in [1.82, 2.24) is 10.2 Å². The highest BCUT2D eigenvalue weighted by molar-refractivity contribution is 7.94. The van der Waals surface area contributed by atoms with E-state index in [-0.39, 0.29) is 4.21 Å². The van der Waals surface area contributed by atoms with Crippen LogP contribution in [0.15, 0.2) is 28.0 Å². The maximum atomic E-state index is 11.8. The molecule has 0 atom stereocenters. The zero-order valence-corrected chi connectivity index (χ0v) is 9.81. The first-order valence-electron chi connectivity index (χ1n) is 4.41. The average Bonchev–Trinajstić information content (AvgIpc) is 2.85. The Kier molecular flexibility index (Phi) is 2.95. The third-order valence-electron chi connectivity index (χ3n) is 1.88. The van der Waals surface area contributed by atoms with Gasteiger partial charge in [0.15, 0.2) is 0 Å². The standard InChI is InChI=1S/C8H10N4O2S2/c9-2-6-1-8(15-5-6)16(13,14)12-7-3-10-11-4-7/h1,3-5,12H,2,9H2,(H,10,11). The smallest absolute Gasteiger partial charge is 0.271 e. The molecule has 0 bridgehead atoms. The second-order valence-corrected chi connectivity index (χ2v) is 5.89. The minimum Gasteiger partial charge on any atom is -0.326 e. The number of thiophene rings is 1. The Morgan fingerprint density at radius 3 is 2.94 bits per heavy atom. The number of nitrogens with two attached hydrogens (primary N) is 1. The Hall–Kier alpha value is -1.38. The molecule has 0 fully saturated rings. The maximum Gasteiger partial charge on any atom is 0.271 e. The van der Waals surface area contributed by atoms with Crippen LogP contribution in [0.4, 0.5) is 5.69 Å². The van der Waals surface area contributed by atoms with Crippen LogP contribution in [-0.4, -0.2) is 18.6 Å². The van der Waals surface area contributed by atoms with Crippen LogP contribution >= 0.6 is 11.3 Å². The number of hydrogen-bond acceptors (Lipinski definition) is 5. The molecule has 6 nitrogen and oxygen atoms in total. The van der Waals surface area contributed by atoms with E-state index >= 15 is 0 Å². The van der Waals surface area contributed by atoms with Gasteiger partial charge < -0.3 is 5.73 Å². The first-order valence-corrected chi connectivity index (χ1v) is 6.77. The highest BCUT2D eigenvalue weighted by Crippen LogP contribution is 2.22. The van der Waals surface area contributed by atoms with E-state index in [4.69, 9.17) is 5.73 Å². The van der Waals surface area contributed by atoms with Crippen LogP contribution in [0.2, 0.25) is 0 Å². The molecule has 0 saturated heterocycles. The average molecular weight is 258 g/mol. The van der Waals surface area contributed by atoms with Crippen molar-refractivity contribution in [3.8, 4) is 0 Å². The highest BCUT2D eigenvalue weighted by atomic mass is 32.2. The number of aromatic nitrogens is 2. The molecule has 0 unspecified atom stereocenters. The fourth-order valence-corrected chi connectivity index (χ4v) is 3.37. The molecule has 0 aliphatic rings. The first-order chi connectivity index (χ1) is 7.62. The predicted octanol–water partition coefficient (Wildman–Crippen LogP) is 0.731. The van der Waals surface area contributed by atoms with E-state index in [1.165, 1.54) is 12.4 Å². The number of sulfonamides is 1. The largest absolute Gasteiger partial charge is 0.326 e. The van der Waals surface area contributed by atoms with E-state index in [0.717, 1.165) is 16.9 Å².